The average Bonchev–Trinajstić information content (AvgIpc) is 2.47. The second-order valence-corrected chi connectivity index (χ2v) is 4.28. The third kappa shape index (κ3) is 11.9. The quantitative estimate of drug-likeness (QED) is 0.432. The number of ketones is 1. The lowest BCUT2D eigenvalue weighted by molar-refractivity contribution is -0.120. The van der Waals surface area contributed by atoms with E-state index in [2.05, 4.69) is 4.74 Å². The van der Waals surface area contributed by atoms with Gasteiger partial charge in [0.2, 0.25) is 0 Å². The minimum absolute atomic E-state index is 0.00821. The van der Waals surface area contributed by atoms with Crippen LogP contribution in [0, 0.1) is 0 Å². The van der Waals surface area contributed by atoms with Crippen molar-refractivity contribution in [2.24, 2.45) is 0 Å². The first-order chi connectivity index (χ1) is 10.5. The smallest absolute Gasteiger partial charge is 0.434 e. The number of methoxy groups -OCH3 is 1. The molecule has 22 heavy (non-hydrogen) atoms. The predicted octanol–water partition coefficient (Wildman–Crippen LogP) is 0.669. The zero-order chi connectivity index (χ0) is 16.8. The molecule has 1 unspecified atom stereocenters. The number of Topliss-reactive ketones (excluding diaryl/α,β-unsaturated/α-hetero) is 1. The summed E-state index contributed by atoms with van der Waals surface area (Å²) in [5.74, 6) is -0.326. The summed E-state index contributed by atoms with van der Waals surface area (Å²) in [5.41, 5.74) is 0. The summed E-state index contributed by atoms with van der Waals surface area (Å²) < 4.78 is 23.7. The SMILES string of the molecule is COCC(COC(=O)OCC(C)=O)OC(=O)OCCCCO. The molecule has 0 radical (unpaired) electrons. The molecule has 0 fully saturated rings. The second kappa shape index (κ2) is 12.8. The highest BCUT2D eigenvalue weighted by Crippen LogP contribution is 2.00. The number of unbranched alkanes of at least 4 members (excludes halogenated alkanes) is 1. The Bertz CT molecular complexity index is 342. The number of rotatable bonds is 11. The van der Waals surface area contributed by atoms with E-state index in [9.17, 15) is 14.4 Å². The fraction of sp³-hybridized carbons (Fsp3) is 0.769. The first-order valence-corrected chi connectivity index (χ1v) is 6.71. The van der Waals surface area contributed by atoms with Crippen LogP contribution in [0.1, 0.15) is 19.8 Å². The summed E-state index contributed by atoms with van der Waals surface area (Å²) in [7, 11) is 1.39. The van der Waals surface area contributed by atoms with Gasteiger partial charge in [-0.05, 0) is 19.8 Å². The number of aliphatic hydroxyl groups is 1. The van der Waals surface area contributed by atoms with Gasteiger partial charge >= 0.3 is 12.3 Å². The van der Waals surface area contributed by atoms with E-state index in [1.165, 1.54) is 14.0 Å². The molecule has 0 bridgehead atoms. The molecular formula is C13H22O9. The fourth-order valence-electron chi connectivity index (χ4n) is 1.20. The van der Waals surface area contributed by atoms with E-state index >= 15 is 0 Å². The van der Waals surface area contributed by atoms with Crippen LogP contribution in [-0.2, 0) is 28.5 Å². The predicted molar refractivity (Wildman–Crippen MR) is 72.4 cm³/mol. The third-order valence-corrected chi connectivity index (χ3v) is 2.17. The van der Waals surface area contributed by atoms with E-state index in [4.69, 9.17) is 24.1 Å². The molecule has 0 aliphatic heterocycles. The zero-order valence-corrected chi connectivity index (χ0v) is 12.7. The molecule has 9 heteroatoms. The van der Waals surface area contributed by atoms with E-state index in [1.807, 2.05) is 0 Å². The van der Waals surface area contributed by atoms with Crippen molar-refractivity contribution in [3.05, 3.63) is 0 Å². The molecule has 0 aliphatic rings. The van der Waals surface area contributed by atoms with Gasteiger partial charge in [0, 0.05) is 13.7 Å². The molecule has 0 heterocycles. The molecule has 9 nitrogen and oxygen atoms in total. The van der Waals surface area contributed by atoms with Gasteiger partial charge < -0.3 is 28.8 Å². The van der Waals surface area contributed by atoms with E-state index < -0.39 is 18.4 Å². The van der Waals surface area contributed by atoms with Gasteiger partial charge in [-0.1, -0.05) is 0 Å². The van der Waals surface area contributed by atoms with Gasteiger partial charge in [0.25, 0.3) is 0 Å². The van der Waals surface area contributed by atoms with Crippen molar-refractivity contribution in [1.82, 2.24) is 0 Å². The summed E-state index contributed by atoms with van der Waals surface area (Å²) >= 11 is 0. The van der Waals surface area contributed by atoms with Crippen LogP contribution in [-0.4, -0.2) is 69.4 Å². The van der Waals surface area contributed by atoms with Crippen molar-refractivity contribution < 1.29 is 43.2 Å². The average molecular weight is 322 g/mol. The van der Waals surface area contributed by atoms with E-state index in [0.717, 1.165) is 0 Å². The van der Waals surface area contributed by atoms with Crippen molar-refractivity contribution >= 4 is 18.1 Å². The molecule has 0 aromatic rings. The van der Waals surface area contributed by atoms with Gasteiger partial charge in [-0.2, -0.15) is 0 Å². The number of carbonyl (C=O) groups is 3. The van der Waals surface area contributed by atoms with Crippen molar-refractivity contribution in [1.29, 1.82) is 0 Å². The summed E-state index contributed by atoms with van der Waals surface area (Å²) in [6.45, 7) is 0.696. The number of hydrogen-bond donors (Lipinski definition) is 1. The van der Waals surface area contributed by atoms with Crippen molar-refractivity contribution in [3.8, 4) is 0 Å². The lowest BCUT2D eigenvalue weighted by Crippen LogP contribution is -2.30. The number of ether oxygens (including phenoxy) is 5. The highest BCUT2D eigenvalue weighted by molar-refractivity contribution is 5.78. The van der Waals surface area contributed by atoms with Crippen molar-refractivity contribution in [3.63, 3.8) is 0 Å². The molecule has 0 aliphatic carbocycles. The second-order valence-electron chi connectivity index (χ2n) is 4.28. The Hall–Kier alpha value is -1.87. The van der Waals surface area contributed by atoms with Crippen LogP contribution >= 0.6 is 0 Å². The topological polar surface area (TPSA) is 118 Å². The zero-order valence-electron chi connectivity index (χ0n) is 12.7. The molecule has 0 saturated carbocycles. The number of aliphatic hydroxyl groups excluding tert-OH is 1. The maximum atomic E-state index is 11.4. The molecule has 0 rings (SSSR count). The lowest BCUT2D eigenvalue weighted by Gasteiger charge is -2.16. The lowest BCUT2D eigenvalue weighted by atomic mass is 10.3. The Labute approximate surface area is 128 Å². The van der Waals surface area contributed by atoms with Gasteiger partial charge in [-0.15, -0.1) is 0 Å². The maximum absolute atomic E-state index is 11.4. The first kappa shape index (κ1) is 20.1. The highest BCUT2D eigenvalue weighted by Gasteiger charge is 2.18. The van der Waals surface area contributed by atoms with Crippen LogP contribution < -0.4 is 0 Å². The van der Waals surface area contributed by atoms with Gasteiger partial charge in [0.15, 0.2) is 18.5 Å². The van der Waals surface area contributed by atoms with Gasteiger partial charge in [0.1, 0.15) is 6.61 Å². The molecule has 1 atom stereocenters. The highest BCUT2D eigenvalue weighted by atomic mass is 16.8. The summed E-state index contributed by atoms with van der Waals surface area (Å²) in [5, 5.41) is 8.58. The first-order valence-electron chi connectivity index (χ1n) is 6.71. The van der Waals surface area contributed by atoms with Gasteiger partial charge in [0.05, 0.1) is 13.2 Å². The van der Waals surface area contributed by atoms with Crippen LogP contribution in [0.4, 0.5) is 9.59 Å². The van der Waals surface area contributed by atoms with E-state index in [-0.39, 0.29) is 38.8 Å². The van der Waals surface area contributed by atoms with Crippen LogP contribution in [0.2, 0.25) is 0 Å². The normalized spacial score (nSPS) is 11.4. The van der Waals surface area contributed by atoms with Gasteiger partial charge in [-0.25, -0.2) is 9.59 Å². The van der Waals surface area contributed by atoms with Crippen LogP contribution in [0.25, 0.3) is 0 Å². The Morgan fingerprint density at radius 3 is 2.32 bits per heavy atom. The van der Waals surface area contributed by atoms with E-state index in [0.29, 0.717) is 12.8 Å². The summed E-state index contributed by atoms with van der Waals surface area (Å²) in [4.78, 5) is 33.2. The molecule has 1 N–H and O–H groups in total. The number of carbonyl (C=O) groups excluding carboxylic acids is 3. The Balaban J connectivity index is 4.00. The summed E-state index contributed by atoms with van der Waals surface area (Å²) in [6, 6.07) is 0. The monoisotopic (exact) mass is 322 g/mol. The van der Waals surface area contributed by atoms with E-state index in [1.54, 1.807) is 0 Å². The minimum Gasteiger partial charge on any atom is -0.434 e. The van der Waals surface area contributed by atoms with Crippen LogP contribution in [0.15, 0.2) is 0 Å². The molecule has 0 spiro atoms. The fourth-order valence-corrected chi connectivity index (χ4v) is 1.20. The van der Waals surface area contributed by atoms with Gasteiger partial charge in [-0.3, -0.25) is 4.79 Å². The maximum Gasteiger partial charge on any atom is 0.508 e. The molecule has 128 valence electrons. The Morgan fingerprint density at radius 2 is 1.73 bits per heavy atom. The Morgan fingerprint density at radius 1 is 1.00 bits per heavy atom. The number of hydrogen-bond acceptors (Lipinski definition) is 9. The molecule has 0 amide bonds. The minimum atomic E-state index is -1.05. The van der Waals surface area contributed by atoms with Crippen LogP contribution in [0.5, 0.6) is 0 Å². The molecule has 0 saturated heterocycles. The van der Waals surface area contributed by atoms with Crippen molar-refractivity contribution in [2.45, 2.75) is 25.9 Å². The standard InChI is InChI=1S/C13H22O9/c1-10(15)7-20-12(16)21-9-11(8-18-2)22-13(17)19-6-4-3-5-14/h11,14H,3-9H2,1-2H3. The molecule has 0 aromatic heterocycles. The molecular weight excluding hydrogens is 300 g/mol. The van der Waals surface area contributed by atoms with Crippen LogP contribution in [0.3, 0.4) is 0 Å². The van der Waals surface area contributed by atoms with Crippen molar-refractivity contribution in [2.75, 3.05) is 40.1 Å². The largest absolute Gasteiger partial charge is 0.508 e. The third-order valence-electron chi connectivity index (χ3n) is 2.17. The summed E-state index contributed by atoms with van der Waals surface area (Å²) in [6.07, 6.45) is -1.81. The molecule has 0 aromatic carbocycles. The Kier molecular flexibility index (Phi) is 11.7.